The number of amides is 1. The zero-order valence-electron chi connectivity index (χ0n) is 17.2. The van der Waals surface area contributed by atoms with Gasteiger partial charge in [0.1, 0.15) is 5.69 Å². The van der Waals surface area contributed by atoms with E-state index in [-0.39, 0.29) is 17.4 Å². The maximum absolute atomic E-state index is 13.3. The Balaban J connectivity index is 1.82. The molecule has 5 nitrogen and oxygen atoms in total. The number of carbonyl (C=O) groups excluding carboxylic acids is 2. The van der Waals surface area contributed by atoms with Crippen molar-refractivity contribution < 1.29 is 9.59 Å². The first-order valence-corrected chi connectivity index (χ1v) is 9.75. The Labute approximate surface area is 175 Å². The van der Waals surface area contributed by atoms with Crippen LogP contribution in [0.1, 0.15) is 43.1 Å². The summed E-state index contributed by atoms with van der Waals surface area (Å²) < 4.78 is 1.69. The van der Waals surface area contributed by atoms with Gasteiger partial charge in [0, 0.05) is 17.4 Å². The van der Waals surface area contributed by atoms with Gasteiger partial charge < -0.3 is 15.5 Å². The fourth-order valence-corrected chi connectivity index (χ4v) is 3.60. The molecule has 2 heterocycles. The molecule has 0 unspecified atom stereocenters. The predicted octanol–water partition coefficient (Wildman–Crippen LogP) is 4.93. The molecule has 30 heavy (non-hydrogen) atoms. The fraction of sp³-hybridized carbons (Fsp3) is 0.120. The van der Waals surface area contributed by atoms with Crippen LogP contribution in [0, 0.1) is 20.8 Å². The Morgan fingerprint density at radius 2 is 1.60 bits per heavy atom. The summed E-state index contributed by atoms with van der Waals surface area (Å²) in [6.45, 7) is 5.86. The smallest absolute Gasteiger partial charge is 0.259 e. The van der Waals surface area contributed by atoms with Crippen LogP contribution in [0.2, 0.25) is 0 Å². The number of ketones is 1. The van der Waals surface area contributed by atoms with Crippen molar-refractivity contribution in [1.82, 2.24) is 4.40 Å². The number of anilines is 2. The molecule has 0 aliphatic rings. The van der Waals surface area contributed by atoms with Crippen LogP contribution in [-0.4, -0.2) is 16.1 Å². The van der Waals surface area contributed by atoms with E-state index in [0.29, 0.717) is 22.3 Å². The summed E-state index contributed by atoms with van der Waals surface area (Å²) in [5.41, 5.74) is 12.1. The number of nitrogens with one attached hydrogen (secondary N) is 1. The first-order chi connectivity index (χ1) is 14.4. The lowest BCUT2D eigenvalue weighted by atomic mass is 10.0. The number of fused-ring (bicyclic) bond motifs is 1. The molecule has 0 fully saturated rings. The van der Waals surface area contributed by atoms with Crippen LogP contribution in [0.15, 0.2) is 66.9 Å². The molecule has 150 valence electrons. The molecule has 5 heteroatoms. The molecule has 0 atom stereocenters. The third kappa shape index (κ3) is 3.35. The van der Waals surface area contributed by atoms with E-state index in [2.05, 4.69) is 5.32 Å². The molecular formula is C25H23N3O2. The molecule has 4 rings (SSSR count). The largest absolute Gasteiger partial charge is 0.396 e. The van der Waals surface area contributed by atoms with Crippen molar-refractivity contribution in [3.05, 3.63) is 100 Å². The van der Waals surface area contributed by atoms with Gasteiger partial charge in [-0.15, -0.1) is 0 Å². The van der Waals surface area contributed by atoms with Gasteiger partial charge in [-0.1, -0.05) is 48.0 Å². The Bertz CT molecular complexity index is 1280. The zero-order chi connectivity index (χ0) is 21.4. The molecule has 2 aromatic heterocycles. The second-order valence-electron chi connectivity index (χ2n) is 7.56. The highest BCUT2D eigenvalue weighted by Gasteiger charge is 2.26. The highest BCUT2D eigenvalue weighted by molar-refractivity contribution is 6.20. The SMILES string of the molecule is Cc1ccc(C(=O)c2c(N)c(C(=O)Nc3cc(C)ccc3C)c3ccccn23)cc1. The average molecular weight is 397 g/mol. The maximum atomic E-state index is 13.3. The third-order valence-electron chi connectivity index (χ3n) is 5.28. The standard InChI is InChI=1S/C25H23N3O2/c1-15-8-11-18(12-9-15)24(29)23-22(26)21(20-6-4-5-13-28(20)23)25(30)27-19-14-16(2)7-10-17(19)3/h4-14H,26H2,1-3H3,(H,27,30). The Morgan fingerprint density at radius 3 is 2.33 bits per heavy atom. The summed E-state index contributed by atoms with van der Waals surface area (Å²) in [5, 5.41) is 2.96. The van der Waals surface area contributed by atoms with E-state index in [4.69, 9.17) is 5.73 Å². The normalized spacial score (nSPS) is 10.9. The van der Waals surface area contributed by atoms with Crippen molar-refractivity contribution in [3.8, 4) is 0 Å². The predicted molar refractivity (Wildman–Crippen MR) is 120 cm³/mol. The summed E-state index contributed by atoms with van der Waals surface area (Å²) in [4.78, 5) is 26.5. The Morgan fingerprint density at radius 1 is 0.900 bits per heavy atom. The highest BCUT2D eigenvalue weighted by Crippen LogP contribution is 2.30. The minimum absolute atomic E-state index is 0.176. The van der Waals surface area contributed by atoms with Crippen molar-refractivity contribution in [2.45, 2.75) is 20.8 Å². The van der Waals surface area contributed by atoms with Crippen LogP contribution in [0.5, 0.6) is 0 Å². The molecule has 0 saturated carbocycles. The van der Waals surface area contributed by atoms with E-state index in [1.54, 1.807) is 28.8 Å². The van der Waals surface area contributed by atoms with Gasteiger partial charge in [-0.05, 0) is 50.1 Å². The number of hydrogen-bond donors (Lipinski definition) is 2. The molecule has 1 amide bonds. The second-order valence-corrected chi connectivity index (χ2v) is 7.56. The summed E-state index contributed by atoms with van der Waals surface area (Å²) in [5.74, 6) is -0.563. The second kappa shape index (κ2) is 7.52. The number of rotatable bonds is 4. The number of aryl methyl sites for hydroxylation is 3. The van der Waals surface area contributed by atoms with Crippen molar-refractivity contribution in [3.63, 3.8) is 0 Å². The average Bonchev–Trinajstić information content (AvgIpc) is 3.02. The Kier molecular flexibility index (Phi) is 4.88. The highest BCUT2D eigenvalue weighted by atomic mass is 16.2. The molecular weight excluding hydrogens is 374 g/mol. The summed E-state index contributed by atoms with van der Waals surface area (Å²) in [6.07, 6.45) is 1.75. The molecule has 4 aromatic rings. The molecule has 0 saturated heterocycles. The van der Waals surface area contributed by atoms with Crippen LogP contribution in [-0.2, 0) is 0 Å². The fourth-order valence-electron chi connectivity index (χ4n) is 3.60. The van der Waals surface area contributed by atoms with Gasteiger partial charge in [-0.25, -0.2) is 0 Å². The van der Waals surface area contributed by atoms with Crippen LogP contribution in [0.25, 0.3) is 5.52 Å². The van der Waals surface area contributed by atoms with Crippen molar-refractivity contribution in [1.29, 1.82) is 0 Å². The number of pyridine rings is 1. The molecule has 0 bridgehead atoms. The quantitative estimate of drug-likeness (QED) is 0.479. The molecule has 0 radical (unpaired) electrons. The van der Waals surface area contributed by atoms with Gasteiger partial charge in [0.05, 0.1) is 16.8 Å². The first kappa shape index (κ1) is 19.5. The minimum Gasteiger partial charge on any atom is -0.396 e. The van der Waals surface area contributed by atoms with Gasteiger partial charge in [0.15, 0.2) is 0 Å². The summed E-state index contributed by atoms with van der Waals surface area (Å²) in [6, 6.07) is 18.6. The van der Waals surface area contributed by atoms with Gasteiger partial charge in [-0.2, -0.15) is 0 Å². The minimum atomic E-state index is -0.340. The number of nitrogens with two attached hydrogens (primary N) is 1. The zero-order valence-corrected chi connectivity index (χ0v) is 17.2. The summed E-state index contributed by atoms with van der Waals surface area (Å²) in [7, 11) is 0. The van der Waals surface area contributed by atoms with Gasteiger partial charge in [0.25, 0.3) is 5.91 Å². The van der Waals surface area contributed by atoms with E-state index in [1.807, 2.05) is 63.2 Å². The summed E-state index contributed by atoms with van der Waals surface area (Å²) >= 11 is 0. The number of nitrogen functional groups attached to an aromatic ring is 1. The van der Waals surface area contributed by atoms with Gasteiger partial charge in [0.2, 0.25) is 5.78 Å². The maximum Gasteiger partial charge on any atom is 0.259 e. The lowest BCUT2D eigenvalue weighted by Gasteiger charge is -2.09. The van der Waals surface area contributed by atoms with E-state index >= 15 is 0 Å². The molecule has 2 aromatic carbocycles. The molecule has 3 N–H and O–H groups in total. The number of aromatic nitrogens is 1. The van der Waals surface area contributed by atoms with E-state index in [9.17, 15) is 9.59 Å². The first-order valence-electron chi connectivity index (χ1n) is 9.75. The third-order valence-corrected chi connectivity index (χ3v) is 5.28. The van der Waals surface area contributed by atoms with Crippen LogP contribution >= 0.6 is 0 Å². The van der Waals surface area contributed by atoms with E-state index in [0.717, 1.165) is 22.4 Å². The lowest BCUT2D eigenvalue weighted by molar-refractivity contribution is 0.102. The van der Waals surface area contributed by atoms with Crippen molar-refractivity contribution in [2.75, 3.05) is 11.1 Å². The van der Waals surface area contributed by atoms with Gasteiger partial charge in [-0.3, -0.25) is 9.59 Å². The number of hydrogen-bond acceptors (Lipinski definition) is 3. The lowest BCUT2D eigenvalue weighted by Crippen LogP contribution is -2.15. The number of benzene rings is 2. The van der Waals surface area contributed by atoms with E-state index < -0.39 is 0 Å². The monoisotopic (exact) mass is 397 g/mol. The van der Waals surface area contributed by atoms with Crippen LogP contribution < -0.4 is 11.1 Å². The van der Waals surface area contributed by atoms with Crippen molar-refractivity contribution in [2.24, 2.45) is 0 Å². The van der Waals surface area contributed by atoms with Crippen molar-refractivity contribution >= 4 is 28.6 Å². The topological polar surface area (TPSA) is 76.6 Å². The molecule has 0 spiro atoms. The van der Waals surface area contributed by atoms with Crippen LogP contribution in [0.4, 0.5) is 11.4 Å². The molecule has 0 aliphatic carbocycles. The van der Waals surface area contributed by atoms with E-state index in [1.165, 1.54) is 0 Å². The number of carbonyl (C=O) groups is 2. The number of nitrogens with zero attached hydrogens (tertiary/aromatic N) is 1. The molecule has 0 aliphatic heterocycles. The Hall–Kier alpha value is -3.86. The van der Waals surface area contributed by atoms with Crippen LogP contribution in [0.3, 0.4) is 0 Å². The van der Waals surface area contributed by atoms with Gasteiger partial charge >= 0.3 is 0 Å².